The van der Waals surface area contributed by atoms with Crippen LogP contribution in [0.25, 0.3) is 0 Å². The van der Waals surface area contributed by atoms with Gasteiger partial charge >= 0.3 is 0 Å². The third-order valence-electron chi connectivity index (χ3n) is 4.86. The third-order valence-corrected chi connectivity index (χ3v) is 5.52. The van der Waals surface area contributed by atoms with Gasteiger partial charge < -0.3 is 9.64 Å². The molecule has 1 aliphatic heterocycles. The van der Waals surface area contributed by atoms with E-state index in [1.165, 1.54) is 6.21 Å². The lowest BCUT2D eigenvalue weighted by atomic mass is 9.95. The molecule has 0 spiro atoms. The Bertz CT molecular complexity index is 888. The van der Waals surface area contributed by atoms with Gasteiger partial charge in [0.25, 0.3) is 5.91 Å². The summed E-state index contributed by atoms with van der Waals surface area (Å²) < 4.78 is 5.11. The van der Waals surface area contributed by atoms with Crippen molar-refractivity contribution in [2.45, 2.75) is 12.8 Å². The van der Waals surface area contributed by atoms with Crippen LogP contribution in [-0.2, 0) is 4.79 Å². The van der Waals surface area contributed by atoms with Crippen LogP contribution in [0, 0.1) is 5.92 Å². The van der Waals surface area contributed by atoms with Crippen molar-refractivity contribution in [2.24, 2.45) is 11.0 Å². The van der Waals surface area contributed by atoms with Crippen LogP contribution in [0.2, 0.25) is 10.0 Å². The van der Waals surface area contributed by atoms with Gasteiger partial charge in [0.05, 0.1) is 23.4 Å². The van der Waals surface area contributed by atoms with Crippen molar-refractivity contribution in [1.82, 2.24) is 10.3 Å². The number of rotatable bonds is 5. The van der Waals surface area contributed by atoms with E-state index in [1.807, 2.05) is 0 Å². The average molecular weight is 434 g/mol. The van der Waals surface area contributed by atoms with Crippen molar-refractivity contribution in [1.29, 1.82) is 0 Å². The van der Waals surface area contributed by atoms with Gasteiger partial charge in [0, 0.05) is 30.1 Å². The monoisotopic (exact) mass is 433 g/mol. The second-order valence-corrected chi connectivity index (χ2v) is 7.48. The second kappa shape index (κ2) is 9.76. The lowest BCUT2D eigenvalue weighted by Gasteiger charge is -2.31. The SMILES string of the molecule is COc1ccc(C(=O)N2CCC(C(=O)N/N=C\c3c(Cl)cccc3Cl)CC2)cc1. The first-order valence-corrected chi connectivity index (χ1v) is 9.95. The van der Waals surface area contributed by atoms with E-state index in [4.69, 9.17) is 27.9 Å². The van der Waals surface area contributed by atoms with Crippen LogP contribution in [0.1, 0.15) is 28.8 Å². The highest BCUT2D eigenvalue weighted by Gasteiger charge is 2.27. The van der Waals surface area contributed by atoms with Crippen LogP contribution in [0.4, 0.5) is 0 Å². The summed E-state index contributed by atoms with van der Waals surface area (Å²) in [6, 6.07) is 12.1. The summed E-state index contributed by atoms with van der Waals surface area (Å²) in [6.45, 7) is 1.03. The molecule has 2 amide bonds. The zero-order valence-corrected chi connectivity index (χ0v) is 17.4. The molecule has 1 N–H and O–H groups in total. The predicted octanol–water partition coefficient (Wildman–Crippen LogP) is 4.00. The predicted molar refractivity (Wildman–Crippen MR) is 114 cm³/mol. The maximum Gasteiger partial charge on any atom is 0.253 e. The van der Waals surface area contributed by atoms with E-state index < -0.39 is 0 Å². The van der Waals surface area contributed by atoms with Gasteiger partial charge in [-0.25, -0.2) is 5.43 Å². The third kappa shape index (κ3) is 5.28. The Morgan fingerprint density at radius 1 is 1.10 bits per heavy atom. The Hall–Kier alpha value is -2.57. The molecule has 0 aliphatic carbocycles. The van der Waals surface area contributed by atoms with Crippen molar-refractivity contribution in [3.63, 3.8) is 0 Å². The van der Waals surface area contributed by atoms with Crippen LogP contribution in [0.5, 0.6) is 5.75 Å². The number of nitrogens with one attached hydrogen (secondary N) is 1. The van der Waals surface area contributed by atoms with Crippen molar-refractivity contribution >= 4 is 41.2 Å². The zero-order valence-electron chi connectivity index (χ0n) is 15.9. The van der Waals surface area contributed by atoms with Gasteiger partial charge in [-0.15, -0.1) is 0 Å². The number of nitrogens with zero attached hydrogens (tertiary/aromatic N) is 2. The number of piperidine rings is 1. The van der Waals surface area contributed by atoms with Crippen LogP contribution < -0.4 is 10.2 Å². The van der Waals surface area contributed by atoms with Crippen molar-refractivity contribution in [3.05, 3.63) is 63.6 Å². The number of methoxy groups -OCH3 is 1. The quantitative estimate of drug-likeness (QED) is 0.571. The summed E-state index contributed by atoms with van der Waals surface area (Å²) in [6.07, 6.45) is 2.59. The van der Waals surface area contributed by atoms with Crippen LogP contribution in [0.15, 0.2) is 47.6 Å². The Labute approximate surface area is 179 Å². The van der Waals surface area contributed by atoms with Crippen LogP contribution in [-0.4, -0.2) is 43.1 Å². The van der Waals surface area contributed by atoms with E-state index in [-0.39, 0.29) is 17.7 Å². The van der Waals surface area contributed by atoms with E-state index in [0.717, 1.165) is 0 Å². The van der Waals surface area contributed by atoms with Gasteiger partial charge in [0.2, 0.25) is 5.91 Å². The number of hydrogen-bond donors (Lipinski definition) is 1. The molecule has 0 radical (unpaired) electrons. The Morgan fingerprint density at radius 3 is 2.31 bits per heavy atom. The Morgan fingerprint density at radius 2 is 1.72 bits per heavy atom. The van der Waals surface area contributed by atoms with E-state index in [1.54, 1.807) is 54.5 Å². The summed E-state index contributed by atoms with van der Waals surface area (Å²) in [5.74, 6) is 0.281. The van der Waals surface area contributed by atoms with Crippen molar-refractivity contribution in [2.75, 3.05) is 20.2 Å². The van der Waals surface area contributed by atoms with Gasteiger partial charge in [0.1, 0.15) is 5.75 Å². The highest BCUT2D eigenvalue weighted by molar-refractivity contribution is 6.38. The first-order chi connectivity index (χ1) is 14.0. The molecule has 0 unspecified atom stereocenters. The number of carbonyl (C=O) groups is 2. The largest absolute Gasteiger partial charge is 0.497 e. The van der Waals surface area contributed by atoms with Crippen LogP contribution in [0.3, 0.4) is 0 Å². The fourth-order valence-corrected chi connectivity index (χ4v) is 3.64. The standard InChI is InChI=1S/C21H21Cl2N3O3/c1-29-16-7-5-15(6-8-16)21(28)26-11-9-14(10-12-26)20(27)25-24-13-17-18(22)3-2-4-19(17)23/h2-8,13-14H,9-12H2,1H3,(H,25,27)/b24-13-. The molecule has 29 heavy (non-hydrogen) atoms. The minimum Gasteiger partial charge on any atom is -0.497 e. The molecule has 2 aromatic rings. The maximum absolute atomic E-state index is 12.6. The topological polar surface area (TPSA) is 71.0 Å². The second-order valence-electron chi connectivity index (χ2n) is 6.66. The van der Waals surface area contributed by atoms with Gasteiger partial charge in [-0.05, 0) is 49.2 Å². The van der Waals surface area contributed by atoms with E-state index in [0.29, 0.717) is 52.9 Å². The summed E-state index contributed by atoms with van der Waals surface area (Å²) in [5, 5.41) is 4.89. The minimum absolute atomic E-state index is 0.0436. The molecule has 0 bridgehead atoms. The van der Waals surface area contributed by atoms with E-state index >= 15 is 0 Å². The molecule has 0 atom stereocenters. The van der Waals surface area contributed by atoms with Gasteiger partial charge in [-0.3, -0.25) is 9.59 Å². The zero-order chi connectivity index (χ0) is 20.8. The summed E-state index contributed by atoms with van der Waals surface area (Å²) >= 11 is 12.1. The molecule has 1 aliphatic rings. The number of amides is 2. The molecular formula is C21H21Cl2N3O3. The minimum atomic E-state index is -0.200. The molecule has 1 saturated heterocycles. The lowest BCUT2D eigenvalue weighted by molar-refractivity contribution is -0.126. The first kappa shape index (κ1) is 21.1. The lowest BCUT2D eigenvalue weighted by Crippen LogP contribution is -2.42. The molecule has 2 aromatic carbocycles. The summed E-state index contributed by atoms with van der Waals surface area (Å²) in [7, 11) is 1.58. The summed E-state index contributed by atoms with van der Waals surface area (Å²) in [5.41, 5.74) is 3.70. The van der Waals surface area contributed by atoms with Gasteiger partial charge in [-0.1, -0.05) is 29.3 Å². The molecule has 6 nitrogen and oxygen atoms in total. The number of benzene rings is 2. The molecule has 3 rings (SSSR count). The van der Waals surface area contributed by atoms with Crippen LogP contribution >= 0.6 is 23.2 Å². The maximum atomic E-state index is 12.6. The highest BCUT2D eigenvalue weighted by Crippen LogP contribution is 2.23. The molecule has 0 aromatic heterocycles. The fourth-order valence-electron chi connectivity index (χ4n) is 3.15. The molecule has 0 saturated carbocycles. The molecule has 1 heterocycles. The number of likely N-dealkylation sites (tertiary alicyclic amines) is 1. The number of carbonyl (C=O) groups excluding carboxylic acids is 2. The molecule has 1 fully saturated rings. The van der Waals surface area contributed by atoms with E-state index in [9.17, 15) is 9.59 Å². The van der Waals surface area contributed by atoms with Crippen molar-refractivity contribution < 1.29 is 14.3 Å². The Balaban J connectivity index is 1.51. The average Bonchev–Trinajstić information content (AvgIpc) is 2.75. The molecule has 8 heteroatoms. The van der Waals surface area contributed by atoms with Crippen molar-refractivity contribution in [3.8, 4) is 5.75 Å². The number of hydrazone groups is 1. The first-order valence-electron chi connectivity index (χ1n) is 9.20. The van der Waals surface area contributed by atoms with E-state index in [2.05, 4.69) is 10.5 Å². The molecule has 152 valence electrons. The number of halogens is 2. The summed E-state index contributed by atoms with van der Waals surface area (Å²) in [4.78, 5) is 26.7. The highest BCUT2D eigenvalue weighted by atomic mass is 35.5. The number of ether oxygens (including phenoxy) is 1. The van der Waals surface area contributed by atoms with Gasteiger partial charge in [0.15, 0.2) is 0 Å². The smallest absolute Gasteiger partial charge is 0.253 e. The fraction of sp³-hybridized carbons (Fsp3) is 0.286. The Kier molecular flexibility index (Phi) is 7.12. The normalized spacial score (nSPS) is 14.8. The van der Waals surface area contributed by atoms with Gasteiger partial charge in [-0.2, -0.15) is 5.10 Å². The number of hydrogen-bond acceptors (Lipinski definition) is 4. The molecular weight excluding hydrogens is 413 g/mol.